The summed E-state index contributed by atoms with van der Waals surface area (Å²) >= 11 is 3.45. The van der Waals surface area contributed by atoms with Crippen LogP contribution in [0.5, 0.6) is 0 Å². The molecule has 0 saturated heterocycles. The van der Waals surface area contributed by atoms with Crippen LogP contribution in [-0.2, 0) is 6.42 Å². The van der Waals surface area contributed by atoms with Crippen molar-refractivity contribution in [3.05, 3.63) is 28.2 Å². The third kappa shape index (κ3) is 1.89. The van der Waals surface area contributed by atoms with E-state index in [9.17, 15) is 5.11 Å². The minimum atomic E-state index is -0.457. The van der Waals surface area contributed by atoms with Gasteiger partial charge in [-0.05, 0) is 30.2 Å². The van der Waals surface area contributed by atoms with Crippen LogP contribution in [0, 0.1) is 0 Å². The van der Waals surface area contributed by atoms with E-state index in [1.807, 2.05) is 13.1 Å². The molecule has 1 aliphatic heterocycles. The Morgan fingerprint density at radius 2 is 2.40 bits per heavy atom. The lowest BCUT2D eigenvalue weighted by atomic mass is 10.1. The summed E-state index contributed by atoms with van der Waals surface area (Å²) in [5, 5.41) is 9.79. The summed E-state index contributed by atoms with van der Waals surface area (Å²) in [6.45, 7) is 0.310. The average Bonchev–Trinajstić information content (AvgIpc) is 2.54. The number of aliphatic hydroxyl groups excluding tert-OH is 1. The molecule has 2 atom stereocenters. The van der Waals surface area contributed by atoms with Crippen molar-refractivity contribution in [1.82, 2.24) is 0 Å². The molecule has 82 valence electrons. The fourth-order valence-corrected chi connectivity index (χ4v) is 2.56. The second-order valence-electron chi connectivity index (χ2n) is 3.96. The molecule has 1 heterocycles. The topological polar surface area (TPSA) is 49.5 Å². The summed E-state index contributed by atoms with van der Waals surface area (Å²) in [6, 6.07) is 6.31. The van der Waals surface area contributed by atoms with Crippen molar-refractivity contribution in [2.75, 3.05) is 18.5 Å². The van der Waals surface area contributed by atoms with E-state index in [-0.39, 0.29) is 6.04 Å². The van der Waals surface area contributed by atoms with Gasteiger partial charge in [0.2, 0.25) is 0 Å². The third-order valence-corrected chi connectivity index (χ3v) is 3.53. The van der Waals surface area contributed by atoms with Crippen molar-refractivity contribution in [1.29, 1.82) is 0 Å². The van der Waals surface area contributed by atoms with Crippen LogP contribution in [0.15, 0.2) is 22.7 Å². The zero-order chi connectivity index (χ0) is 11.0. The number of fused-ring (bicyclic) bond motifs is 1. The van der Waals surface area contributed by atoms with Crippen LogP contribution in [0.4, 0.5) is 5.69 Å². The van der Waals surface area contributed by atoms with Crippen molar-refractivity contribution in [2.24, 2.45) is 5.73 Å². The molecule has 0 aromatic heterocycles. The van der Waals surface area contributed by atoms with Crippen LogP contribution >= 0.6 is 15.9 Å². The van der Waals surface area contributed by atoms with Gasteiger partial charge in [-0.15, -0.1) is 0 Å². The summed E-state index contributed by atoms with van der Waals surface area (Å²) in [5.74, 6) is 0. The van der Waals surface area contributed by atoms with E-state index in [4.69, 9.17) is 5.73 Å². The molecular weight excluding hydrogens is 256 g/mol. The lowest BCUT2D eigenvalue weighted by molar-refractivity contribution is 0.153. The summed E-state index contributed by atoms with van der Waals surface area (Å²) in [5.41, 5.74) is 7.95. The lowest BCUT2D eigenvalue weighted by Gasteiger charge is -2.26. The van der Waals surface area contributed by atoms with Crippen LogP contribution in [0.25, 0.3) is 0 Å². The maximum atomic E-state index is 9.79. The Balaban J connectivity index is 2.28. The molecule has 0 spiro atoms. The van der Waals surface area contributed by atoms with Gasteiger partial charge in [0.15, 0.2) is 0 Å². The number of nitrogens with two attached hydrogens (primary N) is 1. The molecule has 1 aromatic carbocycles. The van der Waals surface area contributed by atoms with E-state index in [1.165, 1.54) is 11.3 Å². The third-order valence-electron chi connectivity index (χ3n) is 3.03. The van der Waals surface area contributed by atoms with Gasteiger partial charge in [-0.1, -0.05) is 15.9 Å². The normalized spacial score (nSPS) is 21.6. The summed E-state index contributed by atoms with van der Waals surface area (Å²) in [4.78, 5) is 2.11. The molecule has 1 aliphatic rings. The Labute approximate surface area is 98.0 Å². The zero-order valence-corrected chi connectivity index (χ0v) is 10.2. The first kappa shape index (κ1) is 10.9. The molecule has 0 radical (unpaired) electrons. The van der Waals surface area contributed by atoms with Gasteiger partial charge in [-0.3, -0.25) is 0 Å². The summed E-state index contributed by atoms with van der Waals surface area (Å²) < 4.78 is 1.08. The highest BCUT2D eigenvalue weighted by atomic mass is 79.9. The number of anilines is 1. The molecule has 0 aliphatic carbocycles. The molecule has 3 nitrogen and oxygen atoms in total. The van der Waals surface area contributed by atoms with Gasteiger partial charge in [0, 0.05) is 23.8 Å². The average molecular weight is 271 g/mol. The molecule has 3 N–H and O–H groups in total. The van der Waals surface area contributed by atoms with Crippen molar-refractivity contribution < 1.29 is 5.11 Å². The fraction of sp³-hybridized carbons (Fsp3) is 0.455. The maximum absolute atomic E-state index is 9.79. The molecule has 0 bridgehead atoms. The molecule has 4 heteroatoms. The minimum Gasteiger partial charge on any atom is -0.390 e. The largest absolute Gasteiger partial charge is 0.390 e. The first-order valence-corrected chi connectivity index (χ1v) is 5.82. The van der Waals surface area contributed by atoms with Crippen LogP contribution in [0.3, 0.4) is 0 Å². The lowest BCUT2D eigenvalue weighted by Crippen LogP contribution is -2.43. The van der Waals surface area contributed by atoms with Crippen molar-refractivity contribution in [3.63, 3.8) is 0 Å². The molecular formula is C11H15BrN2O. The van der Waals surface area contributed by atoms with E-state index in [0.717, 1.165) is 10.9 Å². The molecule has 2 rings (SSSR count). The predicted octanol–water partition coefficient (Wildman–Crippen LogP) is 1.13. The van der Waals surface area contributed by atoms with Gasteiger partial charge in [0.05, 0.1) is 12.1 Å². The van der Waals surface area contributed by atoms with Crippen LogP contribution in [-0.4, -0.2) is 30.8 Å². The van der Waals surface area contributed by atoms with Gasteiger partial charge in [-0.25, -0.2) is 0 Å². The predicted molar refractivity (Wildman–Crippen MR) is 65.1 cm³/mol. The van der Waals surface area contributed by atoms with Crippen LogP contribution in [0.2, 0.25) is 0 Å². The van der Waals surface area contributed by atoms with Crippen LogP contribution < -0.4 is 10.6 Å². The first-order valence-electron chi connectivity index (χ1n) is 5.03. The van der Waals surface area contributed by atoms with E-state index >= 15 is 0 Å². The number of likely N-dealkylation sites (N-methyl/N-ethyl adjacent to an activating group) is 1. The Bertz CT molecular complexity index is 370. The number of hydrogen-bond acceptors (Lipinski definition) is 3. The second-order valence-corrected chi connectivity index (χ2v) is 4.87. The Morgan fingerprint density at radius 3 is 3.07 bits per heavy atom. The first-order chi connectivity index (χ1) is 7.13. The standard InChI is InChI=1S/C11H15BrN2O/c1-14-9-3-2-8(12)4-7(9)5-10(14)11(15)6-13/h2-4,10-11,15H,5-6,13H2,1H3. The molecule has 15 heavy (non-hydrogen) atoms. The number of benzene rings is 1. The van der Waals surface area contributed by atoms with Gasteiger partial charge in [0.25, 0.3) is 0 Å². The van der Waals surface area contributed by atoms with Gasteiger partial charge in [0.1, 0.15) is 0 Å². The van der Waals surface area contributed by atoms with Crippen molar-refractivity contribution >= 4 is 21.6 Å². The summed E-state index contributed by atoms with van der Waals surface area (Å²) in [7, 11) is 2.00. The molecule has 0 fully saturated rings. The molecule has 1 aromatic rings. The van der Waals surface area contributed by atoms with Crippen molar-refractivity contribution in [2.45, 2.75) is 18.6 Å². The maximum Gasteiger partial charge on any atom is 0.0868 e. The SMILES string of the molecule is CN1c2ccc(Br)cc2CC1C(O)CN. The van der Waals surface area contributed by atoms with E-state index in [1.54, 1.807) is 0 Å². The van der Waals surface area contributed by atoms with Crippen molar-refractivity contribution in [3.8, 4) is 0 Å². The molecule has 0 amide bonds. The molecule has 2 unspecified atom stereocenters. The van der Waals surface area contributed by atoms with Crippen LogP contribution in [0.1, 0.15) is 5.56 Å². The number of aliphatic hydroxyl groups is 1. The second kappa shape index (κ2) is 4.12. The highest BCUT2D eigenvalue weighted by Crippen LogP contribution is 2.33. The highest BCUT2D eigenvalue weighted by Gasteiger charge is 2.30. The fourth-order valence-electron chi connectivity index (χ4n) is 2.15. The summed E-state index contributed by atoms with van der Waals surface area (Å²) in [6.07, 6.45) is 0.407. The zero-order valence-electron chi connectivity index (χ0n) is 8.65. The monoisotopic (exact) mass is 270 g/mol. The number of nitrogens with zero attached hydrogens (tertiary/aromatic N) is 1. The smallest absolute Gasteiger partial charge is 0.0868 e. The Hall–Kier alpha value is -0.580. The van der Waals surface area contributed by atoms with Gasteiger partial charge < -0.3 is 15.7 Å². The Morgan fingerprint density at radius 1 is 1.67 bits per heavy atom. The van der Waals surface area contributed by atoms with Gasteiger partial charge >= 0.3 is 0 Å². The molecule has 0 saturated carbocycles. The Kier molecular flexibility index (Phi) is 3.00. The number of halogens is 1. The van der Waals surface area contributed by atoms with Gasteiger partial charge in [-0.2, -0.15) is 0 Å². The van der Waals surface area contributed by atoms with E-state index in [0.29, 0.717) is 6.54 Å². The quantitative estimate of drug-likeness (QED) is 0.847. The number of rotatable bonds is 2. The van der Waals surface area contributed by atoms with E-state index < -0.39 is 6.10 Å². The number of hydrogen-bond donors (Lipinski definition) is 2. The minimum absolute atomic E-state index is 0.110. The highest BCUT2D eigenvalue weighted by molar-refractivity contribution is 9.10. The van der Waals surface area contributed by atoms with E-state index in [2.05, 4.69) is 33.0 Å².